The molecule has 4 aromatic carbocycles. The molecule has 8 rings (SSSR count). The first-order valence-electron chi connectivity index (χ1n) is 34.2. The van der Waals surface area contributed by atoms with Crippen LogP contribution in [0, 0.1) is 36.5 Å². The summed E-state index contributed by atoms with van der Waals surface area (Å²) >= 11 is 0. The zero-order valence-corrected chi connectivity index (χ0v) is 58.7. The van der Waals surface area contributed by atoms with E-state index in [9.17, 15) is 53.4 Å². The summed E-state index contributed by atoms with van der Waals surface area (Å²) in [4.78, 5) is 125. The van der Waals surface area contributed by atoms with Gasteiger partial charge in [0.25, 0.3) is 5.91 Å². The van der Waals surface area contributed by atoms with E-state index in [1.165, 1.54) is 24.1 Å². The Morgan fingerprint density at radius 2 is 1.24 bits per heavy atom. The molecule has 0 saturated heterocycles. The molecule has 0 spiro atoms. The van der Waals surface area contributed by atoms with E-state index < -0.39 is 78.1 Å². The van der Waals surface area contributed by atoms with Crippen molar-refractivity contribution in [3.05, 3.63) is 141 Å². The van der Waals surface area contributed by atoms with Gasteiger partial charge in [0.05, 0.1) is 76.1 Å². The Labute approximate surface area is 579 Å². The molecule has 3 heterocycles. The number of aryl methyl sites for hydroxylation is 1. The van der Waals surface area contributed by atoms with Gasteiger partial charge in [0.2, 0.25) is 11.8 Å². The highest BCUT2D eigenvalue weighted by Crippen LogP contribution is 2.47. The summed E-state index contributed by atoms with van der Waals surface area (Å²) in [6.45, 7) is 17.2. The monoisotopic (exact) mass is 1370 g/mol. The number of nitrogens with one attached hydrogen (secondary N) is 2. The number of amides is 4. The quantitative estimate of drug-likeness (QED) is 0.0166. The normalized spacial score (nSPS) is 19.8. The number of methoxy groups -OCH3 is 2. The predicted octanol–water partition coefficient (Wildman–Crippen LogP) is 8.69. The van der Waals surface area contributed by atoms with Gasteiger partial charge in [0.1, 0.15) is 36.9 Å². The van der Waals surface area contributed by atoms with Gasteiger partial charge >= 0.3 is 12.1 Å². The van der Waals surface area contributed by atoms with E-state index in [2.05, 4.69) is 10.6 Å². The average Bonchev–Trinajstić information content (AvgIpc) is 1.63. The highest BCUT2D eigenvalue weighted by Gasteiger charge is 2.49. The zero-order valence-electron chi connectivity index (χ0n) is 58.7. The molecular weight excluding hydrogens is 1270 g/mol. The van der Waals surface area contributed by atoms with E-state index in [-0.39, 0.29) is 139 Å². The standard InChI is InChI=1S/C76H97N5O18/c1-42(2)54(35-53(82)23-26-95-28-27-93-10)71(87)78-47(8)62(83)33-49-15-19-51(20-16-49)40-98-75(91)67-55-36-64(46(7)32-58(55)73(89)80-39-45(6)31-61(80)70(67)86)96-24-13-12-14-25-97-66-38-60-59(37-65(66)94-11)69(85)56-29-44(5)30-57(56)74(90)81(60)76(92)99-41-52-21-17-50(18-22-52)34-63(84)48(9)79-72(88)68(77)43(3)4/h15-22,29,32,36-39,42-43,47-48,54,56-57,61,67-68,70,74,86,90H,12-14,23-28,30-31,33-35,40-41,77H2,1-11H3,(H,78,87)(H,79,88)/t47-,48-,54-,56?,57-,61+,67?,68-,70+,74+/m1/s1. The number of aliphatic hydroxyl groups is 2. The molecule has 0 bridgehead atoms. The number of unbranched alkanes of at least 4 members (excludes halogenated alkanes) is 2. The Balaban J connectivity index is 0.866. The number of nitrogens with zero attached hydrogens (tertiary/aromatic N) is 2. The third-order valence-electron chi connectivity index (χ3n) is 18.9. The van der Waals surface area contributed by atoms with Crippen molar-refractivity contribution in [1.82, 2.24) is 15.5 Å². The second-order valence-corrected chi connectivity index (χ2v) is 27.2. The number of carbonyl (C=O) groups is 9. The van der Waals surface area contributed by atoms with Crippen LogP contribution in [0.25, 0.3) is 0 Å². The zero-order chi connectivity index (χ0) is 71.9. The van der Waals surface area contributed by atoms with Crippen LogP contribution in [0.15, 0.2) is 96.2 Å². The summed E-state index contributed by atoms with van der Waals surface area (Å²) in [5, 5.41) is 29.6. The highest BCUT2D eigenvalue weighted by molar-refractivity contribution is 6.09. The number of anilines is 1. The maximum atomic E-state index is 14.4. The Hall–Kier alpha value is -8.61. The van der Waals surface area contributed by atoms with Crippen LogP contribution in [-0.2, 0) is 73.8 Å². The van der Waals surface area contributed by atoms with Crippen LogP contribution in [0.2, 0.25) is 0 Å². The maximum Gasteiger partial charge on any atom is 0.416 e. The molecule has 4 aromatic rings. The second-order valence-electron chi connectivity index (χ2n) is 27.2. The molecule has 534 valence electrons. The SMILES string of the molecule is COCCOCCC(=O)C[C@@H](C(=O)N[C@H](C)C(=O)Cc1ccc(COC(=O)C2c3cc(OCCCCCOc4cc5c(cc4OC)C(=O)C4C=C(C)C[C@H]4[C@H](O)N5C(=O)OCc4ccc(CC(=O)[C@@H](C)NC(=O)[C@H](N)C(C)C)cc4)c(C)cc3C(=O)N3C=C(C)C[C@H]3[C@@H]2O)cc1)C(C)C. The van der Waals surface area contributed by atoms with Crippen molar-refractivity contribution in [2.24, 2.45) is 35.3 Å². The Kier molecular flexibility index (Phi) is 26.9. The molecule has 4 amide bonds. The summed E-state index contributed by atoms with van der Waals surface area (Å²) in [6, 6.07) is 17.1. The molecule has 23 heteroatoms. The molecule has 0 saturated carbocycles. The van der Waals surface area contributed by atoms with E-state index in [0.717, 1.165) is 16.0 Å². The lowest BCUT2D eigenvalue weighted by Gasteiger charge is -2.31. The number of aliphatic hydroxyl groups excluding tert-OH is 2. The van der Waals surface area contributed by atoms with Crippen molar-refractivity contribution < 1.29 is 86.5 Å². The molecule has 0 aromatic heterocycles. The molecule has 0 fully saturated rings. The number of esters is 1. The summed E-state index contributed by atoms with van der Waals surface area (Å²) in [7, 11) is 3.00. The third kappa shape index (κ3) is 19.2. The minimum atomic E-state index is -1.46. The number of ketones is 4. The molecule has 0 radical (unpaired) electrons. The first-order chi connectivity index (χ1) is 47.2. The third-order valence-corrected chi connectivity index (χ3v) is 18.9. The van der Waals surface area contributed by atoms with E-state index >= 15 is 0 Å². The number of allylic oxidation sites excluding steroid dienone is 2. The average molecular weight is 1370 g/mol. The largest absolute Gasteiger partial charge is 0.493 e. The molecule has 99 heavy (non-hydrogen) atoms. The van der Waals surface area contributed by atoms with Gasteiger partial charge in [-0.05, 0) is 130 Å². The van der Waals surface area contributed by atoms with Gasteiger partial charge in [-0.3, -0.25) is 43.3 Å². The minimum Gasteiger partial charge on any atom is -0.493 e. The molecule has 4 aliphatic rings. The van der Waals surface area contributed by atoms with Crippen LogP contribution >= 0.6 is 0 Å². The van der Waals surface area contributed by atoms with Crippen LogP contribution in [0.4, 0.5) is 10.5 Å². The Bertz CT molecular complexity index is 3660. The number of nitrogens with two attached hydrogens (primary N) is 1. The van der Waals surface area contributed by atoms with Crippen LogP contribution in [0.3, 0.4) is 0 Å². The van der Waals surface area contributed by atoms with E-state index in [1.54, 1.807) is 94.7 Å². The summed E-state index contributed by atoms with van der Waals surface area (Å²) in [5.74, 6) is -5.38. The topological polar surface area (TPSA) is 315 Å². The van der Waals surface area contributed by atoms with Gasteiger partial charge in [0, 0.05) is 73.9 Å². The lowest BCUT2D eigenvalue weighted by atomic mass is 9.86. The molecule has 6 N–H and O–H groups in total. The van der Waals surface area contributed by atoms with Crippen molar-refractivity contribution in [2.75, 3.05) is 52.2 Å². The van der Waals surface area contributed by atoms with Gasteiger partial charge in [-0.2, -0.15) is 0 Å². The molecule has 3 aliphatic heterocycles. The van der Waals surface area contributed by atoms with Gasteiger partial charge in [-0.25, -0.2) is 4.79 Å². The minimum absolute atomic E-state index is 0.00886. The first-order valence-corrected chi connectivity index (χ1v) is 34.2. The van der Waals surface area contributed by atoms with Crippen LogP contribution in [0.5, 0.6) is 17.2 Å². The Morgan fingerprint density at radius 1 is 0.646 bits per heavy atom. The second kappa shape index (κ2) is 34.9. The molecular formula is C76H97N5O18. The van der Waals surface area contributed by atoms with Gasteiger partial charge in [0.15, 0.2) is 28.8 Å². The fraction of sp³-hybridized carbons (Fsp3) is 0.513. The number of fused-ring (bicyclic) bond motifs is 4. The van der Waals surface area contributed by atoms with Crippen LogP contribution < -0.4 is 35.5 Å². The molecule has 10 atom stereocenters. The molecule has 1 aliphatic carbocycles. The lowest BCUT2D eigenvalue weighted by molar-refractivity contribution is -0.150. The van der Waals surface area contributed by atoms with Gasteiger partial charge in [-0.15, -0.1) is 0 Å². The van der Waals surface area contributed by atoms with Crippen molar-refractivity contribution in [3.63, 3.8) is 0 Å². The molecule has 2 unspecified atom stereocenters. The molecule has 23 nitrogen and oxygen atoms in total. The van der Waals surface area contributed by atoms with Gasteiger partial charge in [-0.1, -0.05) is 93.4 Å². The van der Waals surface area contributed by atoms with E-state index in [4.69, 9.17) is 38.9 Å². The smallest absolute Gasteiger partial charge is 0.416 e. The van der Waals surface area contributed by atoms with Crippen molar-refractivity contribution in [2.45, 2.75) is 176 Å². The number of carbonyl (C=O) groups excluding carboxylic acids is 9. The maximum absolute atomic E-state index is 14.4. The lowest BCUT2D eigenvalue weighted by Crippen LogP contribution is -2.49. The number of hydrogen-bond acceptors (Lipinski definition) is 19. The van der Waals surface area contributed by atoms with Crippen molar-refractivity contribution in [3.8, 4) is 17.2 Å². The van der Waals surface area contributed by atoms with Crippen LogP contribution in [-0.4, -0.2) is 152 Å². The summed E-state index contributed by atoms with van der Waals surface area (Å²) < 4.78 is 40.5. The van der Waals surface area contributed by atoms with Crippen molar-refractivity contribution in [1.29, 1.82) is 0 Å². The number of Topliss-reactive ketones (excluding diaryl/α,β-unsaturated/α-hetero) is 4. The number of ether oxygens (including phenoxy) is 7. The summed E-state index contributed by atoms with van der Waals surface area (Å²) in [6.07, 6.45) is 2.48. The fourth-order valence-electron chi connectivity index (χ4n) is 12.8. The van der Waals surface area contributed by atoms with Gasteiger partial charge < -0.3 is 64.6 Å². The fourth-order valence-corrected chi connectivity index (χ4v) is 12.8. The number of rotatable bonds is 34. The Morgan fingerprint density at radius 3 is 1.84 bits per heavy atom. The first kappa shape index (κ1) is 76.1. The van der Waals surface area contributed by atoms with Crippen molar-refractivity contribution >= 4 is 58.6 Å². The number of benzene rings is 4. The van der Waals surface area contributed by atoms with E-state index in [1.807, 2.05) is 47.6 Å². The van der Waals surface area contributed by atoms with E-state index in [0.29, 0.717) is 78.9 Å². The highest BCUT2D eigenvalue weighted by atomic mass is 16.6. The summed E-state index contributed by atoms with van der Waals surface area (Å²) in [5.41, 5.74) is 11.6. The van der Waals surface area contributed by atoms with Crippen LogP contribution in [0.1, 0.15) is 160 Å². The number of hydrogen-bond donors (Lipinski definition) is 5. The predicted molar refractivity (Wildman–Crippen MR) is 368 cm³/mol.